The molecule has 0 aliphatic carbocycles. The van der Waals surface area contributed by atoms with Crippen molar-refractivity contribution in [2.45, 2.75) is 17.9 Å². The van der Waals surface area contributed by atoms with Gasteiger partial charge >= 0.3 is 5.97 Å². The minimum Gasteiger partial charge on any atom is -0.482 e. The Kier molecular flexibility index (Phi) is 5.21. The Balaban J connectivity index is 2.04. The molecule has 1 aromatic rings. The molecule has 0 amide bonds. The molecule has 0 unspecified atom stereocenters. The summed E-state index contributed by atoms with van der Waals surface area (Å²) in [4.78, 5) is 11.2. The van der Waals surface area contributed by atoms with Crippen molar-refractivity contribution in [2.24, 2.45) is 0 Å². The number of thioether (sulfide) groups is 2. The molecule has 0 saturated carbocycles. The monoisotopic (exact) mass is 316 g/mol. The summed E-state index contributed by atoms with van der Waals surface area (Å²) in [6.07, 6.45) is 0. The number of rotatable bonds is 5. The van der Waals surface area contributed by atoms with Gasteiger partial charge in [0, 0.05) is 23.1 Å². The van der Waals surface area contributed by atoms with Crippen molar-refractivity contribution in [1.29, 1.82) is 0 Å². The summed E-state index contributed by atoms with van der Waals surface area (Å²) in [6.45, 7) is 3.87. The molecular weight excluding hydrogens is 299 g/mol. The van der Waals surface area contributed by atoms with E-state index in [1.165, 1.54) is 6.07 Å². The molecule has 1 fully saturated rings. The smallest absolute Gasteiger partial charge is 0.344 e. The molecule has 6 heteroatoms. The molecule has 0 N–H and O–H groups in total. The molecule has 0 atom stereocenters. The van der Waals surface area contributed by atoms with E-state index in [0.717, 1.165) is 11.5 Å². The van der Waals surface area contributed by atoms with E-state index in [1.807, 2.05) is 6.92 Å². The summed E-state index contributed by atoms with van der Waals surface area (Å²) in [5.41, 5.74) is 0.675. The Morgan fingerprint density at radius 3 is 2.70 bits per heavy atom. The number of benzene rings is 1. The fraction of sp³-hybridized carbons (Fsp3) is 0.500. The molecule has 1 heterocycles. The Bertz CT molecular complexity index is 487. The first kappa shape index (κ1) is 15.5. The van der Waals surface area contributed by atoms with Crippen molar-refractivity contribution in [3.63, 3.8) is 0 Å². The van der Waals surface area contributed by atoms with Crippen LogP contribution in [0.4, 0.5) is 4.39 Å². The number of esters is 1. The van der Waals surface area contributed by atoms with Crippen LogP contribution < -0.4 is 4.74 Å². The first-order valence-corrected chi connectivity index (χ1v) is 8.38. The fourth-order valence-electron chi connectivity index (χ4n) is 1.97. The Morgan fingerprint density at radius 2 is 2.10 bits per heavy atom. The summed E-state index contributed by atoms with van der Waals surface area (Å²) in [7, 11) is 0. The highest BCUT2D eigenvalue weighted by Gasteiger charge is 2.34. The number of hydrogen-bond acceptors (Lipinski definition) is 5. The predicted octanol–water partition coefficient (Wildman–Crippen LogP) is 3.42. The van der Waals surface area contributed by atoms with Gasteiger partial charge in [0.1, 0.15) is 11.6 Å². The van der Waals surface area contributed by atoms with Gasteiger partial charge in [0.25, 0.3) is 0 Å². The average molecular weight is 316 g/mol. The molecule has 0 spiro atoms. The third-order valence-corrected chi connectivity index (χ3v) is 6.25. The van der Waals surface area contributed by atoms with Gasteiger partial charge < -0.3 is 9.47 Å². The molecule has 1 aliphatic rings. The summed E-state index contributed by atoms with van der Waals surface area (Å²) >= 11 is 3.50. The van der Waals surface area contributed by atoms with Crippen molar-refractivity contribution in [1.82, 2.24) is 0 Å². The highest BCUT2D eigenvalue weighted by atomic mass is 32.2. The highest BCUT2D eigenvalue weighted by molar-refractivity contribution is 8.20. The molecule has 0 bridgehead atoms. The van der Waals surface area contributed by atoms with Crippen LogP contribution in [-0.4, -0.2) is 30.7 Å². The summed E-state index contributed by atoms with van der Waals surface area (Å²) in [5.74, 6) is 1.65. The number of ether oxygens (including phenoxy) is 2. The number of carbonyl (C=O) groups excluding carboxylic acids is 1. The largest absolute Gasteiger partial charge is 0.482 e. The number of carbonyl (C=O) groups is 1. The fourth-order valence-corrected chi connectivity index (χ4v) is 4.89. The van der Waals surface area contributed by atoms with Crippen LogP contribution in [-0.2, 0) is 13.6 Å². The molecule has 20 heavy (non-hydrogen) atoms. The van der Waals surface area contributed by atoms with Crippen LogP contribution in [0.1, 0.15) is 19.4 Å². The third-order valence-electron chi connectivity index (χ3n) is 2.93. The summed E-state index contributed by atoms with van der Waals surface area (Å²) in [5, 5.41) is 0. The van der Waals surface area contributed by atoms with Gasteiger partial charge in [-0.2, -0.15) is 0 Å². The van der Waals surface area contributed by atoms with Gasteiger partial charge in [0.05, 0.1) is 10.7 Å². The van der Waals surface area contributed by atoms with E-state index in [2.05, 4.69) is 0 Å². The van der Waals surface area contributed by atoms with E-state index in [-0.39, 0.29) is 16.5 Å². The molecule has 1 aromatic carbocycles. The molecule has 110 valence electrons. The zero-order valence-electron chi connectivity index (χ0n) is 11.5. The highest BCUT2D eigenvalue weighted by Crippen LogP contribution is 2.52. The molecule has 0 radical (unpaired) electrons. The van der Waals surface area contributed by atoms with Gasteiger partial charge in [-0.25, -0.2) is 9.18 Å². The van der Waals surface area contributed by atoms with Crippen molar-refractivity contribution in [3.05, 3.63) is 29.6 Å². The molecule has 3 nitrogen and oxygen atoms in total. The molecular formula is C14H17FO3S2. The number of halogens is 1. The second kappa shape index (κ2) is 6.72. The van der Waals surface area contributed by atoms with Crippen LogP contribution in [0.2, 0.25) is 0 Å². The first-order valence-electron chi connectivity index (χ1n) is 6.41. The molecule has 1 saturated heterocycles. The maximum atomic E-state index is 14.2. The van der Waals surface area contributed by atoms with Gasteiger partial charge in [-0.05, 0) is 19.9 Å². The van der Waals surface area contributed by atoms with E-state index in [4.69, 9.17) is 9.47 Å². The standard InChI is InChI=1S/C14H17FO3S2/c1-3-17-13(16)9-18-10-4-5-11(12(15)8-10)14(2)19-6-7-20-14/h4-5,8H,3,6-7,9H2,1-2H3. The normalized spacial score (nSPS) is 16.9. The summed E-state index contributed by atoms with van der Waals surface area (Å²) in [6, 6.07) is 4.77. The van der Waals surface area contributed by atoms with Crippen molar-refractivity contribution in [2.75, 3.05) is 24.7 Å². The van der Waals surface area contributed by atoms with Gasteiger partial charge in [-0.1, -0.05) is 6.07 Å². The third kappa shape index (κ3) is 3.61. The van der Waals surface area contributed by atoms with E-state index in [0.29, 0.717) is 17.9 Å². The maximum Gasteiger partial charge on any atom is 0.344 e. The van der Waals surface area contributed by atoms with Gasteiger partial charge in [-0.15, -0.1) is 23.5 Å². The van der Waals surface area contributed by atoms with E-state index >= 15 is 0 Å². The van der Waals surface area contributed by atoms with Gasteiger partial charge in [-0.3, -0.25) is 0 Å². The molecule has 0 aromatic heterocycles. The van der Waals surface area contributed by atoms with Crippen molar-refractivity contribution >= 4 is 29.5 Å². The van der Waals surface area contributed by atoms with E-state index in [1.54, 1.807) is 42.6 Å². The first-order chi connectivity index (χ1) is 9.55. The Hall–Kier alpha value is -0.880. The van der Waals surface area contributed by atoms with Gasteiger partial charge in [0.15, 0.2) is 6.61 Å². The van der Waals surface area contributed by atoms with Crippen LogP contribution in [0.5, 0.6) is 5.75 Å². The average Bonchev–Trinajstić information content (AvgIpc) is 2.84. The van der Waals surface area contributed by atoms with E-state index < -0.39 is 5.97 Å². The van der Waals surface area contributed by atoms with Crippen molar-refractivity contribution < 1.29 is 18.7 Å². The van der Waals surface area contributed by atoms with Crippen LogP contribution in [0.15, 0.2) is 18.2 Å². The summed E-state index contributed by atoms with van der Waals surface area (Å²) < 4.78 is 23.9. The lowest BCUT2D eigenvalue weighted by Gasteiger charge is -2.23. The quantitative estimate of drug-likeness (QED) is 0.778. The molecule has 2 rings (SSSR count). The van der Waals surface area contributed by atoms with Crippen LogP contribution in [0.25, 0.3) is 0 Å². The predicted molar refractivity (Wildman–Crippen MR) is 80.8 cm³/mol. The van der Waals surface area contributed by atoms with Gasteiger partial charge in [0.2, 0.25) is 0 Å². The minimum atomic E-state index is -0.453. The minimum absolute atomic E-state index is 0.201. The van der Waals surface area contributed by atoms with Crippen LogP contribution >= 0.6 is 23.5 Å². The van der Waals surface area contributed by atoms with Crippen LogP contribution in [0, 0.1) is 5.82 Å². The zero-order chi connectivity index (χ0) is 14.6. The second-order valence-corrected chi connectivity index (χ2v) is 7.66. The lowest BCUT2D eigenvalue weighted by molar-refractivity contribution is -0.145. The topological polar surface area (TPSA) is 35.5 Å². The van der Waals surface area contributed by atoms with E-state index in [9.17, 15) is 9.18 Å². The lowest BCUT2D eigenvalue weighted by atomic mass is 10.1. The number of hydrogen-bond donors (Lipinski definition) is 0. The second-order valence-electron chi connectivity index (χ2n) is 4.38. The maximum absolute atomic E-state index is 14.2. The Labute approximate surface area is 126 Å². The van der Waals surface area contributed by atoms with Crippen LogP contribution in [0.3, 0.4) is 0 Å². The van der Waals surface area contributed by atoms with Crippen molar-refractivity contribution in [3.8, 4) is 5.75 Å². The Morgan fingerprint density at radius 1 is 1.40 bits per heavy atom. The molecule has 1 aliphatic heterocycles. The zero-order valence-corrected chi connectivity index (χ0v) is 13.1. The lowest BCUT2D eigenvalue weighted by Crippen LogP contribution is -2.15. The SMILES string of the molecule is CCOC(=O)COc1ccc(C2(C)SCCS2)c(F)c1.